The maximum atomic E-state index is 13.9. The number of aromatic nitrogens is 1. The first-order valence-corrected chi connectivity index (χ1v) is 11.4. The van der Waals surface area contributed by atoms with E-state index in [9.17, 15) is 19.1 Å². The number of unbranched alkanes of at least 4 members (excludes halogenated alkanes) is 1. The van der Waals surface area contributed by atoms with E-state index in [2.05, 4.69) is 17.4 Å². The number of amides is 1. The fourth-order valence-corrected chi connectivity index (χ4v) is 4.03. The Morgan fingerprint density at radius 2 is 1.97 bits per heavy atom. The average Bonchev–Trinajstić information content (AvgIpc) is 2.77. The van der Waals surface area contributed by atoms with Crippen molar-refractivity contribution >= 4 is 23.5 Å². The van der Waals surface area contributed by atoms with Crippen molar-refractivity contribution < 1.29 is 23.8 Å². The zero-order chi connectivity index (χ0) is 22.9. The van der Waals surface area contributed by atoms with Gasteiger partial charge in [-0.15, -0.1) is 0 Å². The molecule has 172 valence electrons. The molecule has 1 atom stereocenters. The monoisotopic (exact) mass is 462 g/mol. The number of carboxylic acid groups (broad SMARTS) is 1. The van der Waals surface area contributed by atoms with Crippen molar-refractivity contribution in [1.29, 1.82) is 0 Å². The molecular formula is C24H28ClFN2O4. The molecule has 1 aromatic carbocycles. The van der Waals surface area contributed by atoms with Crippen LogP contribution >= 0.6 is 11.6 Å². The Labute approximate surface area is 192 Å². The van der Waals surface area contributed by atoms with Crippen LogP contribution in [0.3, 0.4) is 0 Å². The van der Waals surface area contributed by atoms with Gasteiger partial charge >= 0.3 is 5.97 Å². The molecular weight excluding hydrogens is 435 g/mol. The number of ether oxygens (including phenoxy) is 1. The van der Waals surface area contributed by atoms with Crippen molar-refractivity contribution in [2.75, 3.05) is 13.2 Å². The smallest absolute Gasteiger partial charge is 0.326 e. The highest BCUT2D eigenvalue weighted by atomic mass is 35.5. The summed E-state index contributed by atoms with van der Waals surface area (Å²) < 4.78 is 19.4. The highest BCUT2D eigenvalue weighted by Gasteiger charge is 2.23. The van der Waals surface area contributed by atoms with Crippen LogP contribution in [0.25, 0.3) is 0 Å². The predicted molar refractivity (Wildman–Crippen MR) is 120 cm³/mol. The number of benzene rings is 1. The SMILES string of the molecule is O=C(N[C@@H](CCOCCCCc1ccc2c(n1)CCCC2)C(=O)O)c1c(F)cccc1Cl. The Balaban J connectivity index is 1.36. The van der Waals surface area contributed by atoms with E-state index < -0.39 is 23.7 Å². The van der Waals surface area contributed by atoms with Gasteiger partial charge in [-0.3, -0.25) is 9.78 Å². The molecule has 0 saturated heterocycles. The molecule has 0 spiro atoms. The van der Waals surface area contributed by atoms with Crippen LogP contribution in [0, 0.1) is 5.82 Å². The third-order valence-corrected chi connectivity index (χ3v) is 5.87. The molecule has 0 saturated carbocycles. The Bertz CT molecular complexity index is 933. The summed E-state index contributed by atoms with van der Waals surface area (Å²) in [7, 11) is 0. The largest absolute Gasteiger partial charge is 0.480 e. The summed E-state index contributed by atoms with van der Waals surface area (Å²) in [6.45, 7) is 0.656. The van der Waals surface area contributed by atoms with E-state index in [1.807, 2.05) is 0 Å². The first-order valence-electron chi connectivity index (χ1n) is 11.0. The molecule has 0 unspecified atom stereocenters. The number of hydrogen-bond donors (Lipinski definition) is 2. The van der Waals surface area contributed by atoms with E-state index in [4.69, 9.17) is 21.3 Å². The van der Waals surface area contributed by atoms with Crippen LogP contribution < -0.4 is 5.32 Å². The lowest BCUT2D eigenvalue weighted by molar-refractivity contribution is -0.139. The number of rotatable bonds is 11. The summed E-state index contributed by atoms with van der Waals surface area (Å²) in [6.07, 6.45) is 7.35. The molecule has 1 heterocycles. The van der Waals surface area contributed by atoms with Gasteiger partial charge in [0.05, 0.1) is 10.6 Å². The quantitative estimate of drug-likeness (QED) is 0.484. The Kier molecular flexibility index (Phi) is 9.00. The van der Waals surface area contributed by atoms with Crippen molar-refractivity contribution in [3.8, 4) is 0 Å². The van der Waals surface area contributed by atoms with Crippen LogP contribution in [0.5, 0.6) is 0 Å². The van der Waals surface area contributed by atoms with Crippen LogP contribution in [-0.2, 0) is 28.8 Å². The molecule has 0 aliphatic heterocycles. The van der Waals surface area contributed by atoms with Gasteiger partial charge < -0.3 is 15.2 Å². The summed E-state index contributed by atoms with van der Waals surface area (Å²) in [4.78, 5) is 28.5. The topological polar surface area (TPSA) is 88.5 Å². The fraction of sp³-hybridized carbons (Fsp3) is 0.458. The first-order chi connectivity index (χ1) is 15.5. The molecule has 2 aromatic rings. The third kappa shape index (κ3) is 6.74. The Hall–Kier alpha value is -2.51. The van der Waals surface area contributed by atoms with Crippen LogP contribution in [0.15, 0.2) is 30.3 Å². The minimum absolute atomic E-state index is 0.0690. The van der Waals surface area contributed by atoms with E-state index in [0.717, 1.165) is 43.9 Å². The van der Waals surface area contributed by atoms with Crippen LogP contribution in [0.1, 0.15) is 59.4 Å². The first kappa shape index (κ1) is 24.1. The molecule has 0 bridgehead atoms. The second-order valence-electron chi connectivity index (χ2n) is 7.93. The van der Waals surface area contributed by atoms with E-state index in [0.29, 0.717) is 6.61 Å². The van der Waals surface area contributed by atoms with Gasteiger partial charge in [-0.1, -0.05) is 23.7 Å². The van der Waals surface area contributed by atoms with E-state index in [-0.39, 0.29) is 23.6 Å². The molecule has 1 aromatic heterocycles. The standard InChI is InChI=1S/C24H28ClFN2O4/c25-18-8-5-9-19(26)22(18)23(29)28-21(24(30)31)13-15-32-14-4-3-7-17-12-11-16-6-1-2-10-20(16)27-17/h5,8-9,11-12,21H,1-4,6-7,10,13-15H2,(H,28,29)(H,30,31)/t21-/m0/s1. The van der Waals surface area contributed by atoms with Crippen molar-refractivity contribution in [3.63, 3.8) is 0 Å². The number of carbonyl (C=O) groups excluding carboxylic acids is 1. The molecule has 8 heteroatoms. The molecule has 2 N–H and O–H groups in total. The molecule has 0 radical (unpaired) electrons. The maximum Gasteiger partial charge on any atom is 0.326 e. The van der Waals surface area contributed by atoms with E-state index in [1.54, 1.807) is 0 Å². The molecule has 0 fully saturated rings. The number of halogens is 2. The predicted octanol–water partition coefficient (Wildman–Crippen LogP) is 4.37. The summed E-state index contributed by atoms with van der Waals surface area (Å²) in [6, 6.07) is 6.95. The minimum Gasteiger partial charge on any atom is -0.480 e. The zero-order valence-electron chi connectivity index (χ0n) is 17.9. The zero-order valence-corrected chi connectivity index (χ0v) is 18.7. The molecule has 32 heavy (non-hydrogen) atoms. The number of aliphatic carboxylic acids is 1. The van der Waals surface area contributed by atoms with Gasteiger partial charge in [0.25, 0.3) is 5.91 Å². The molecule has 1 aliphatic rings. The maximum absolute atomic E-state index is 13.9. The van der Waals surface area contributed by atoms with Gasteiger partial charge in [0.15, 0.2) is 0 Å². The summed E-state index contributed by atoms with van der Waals surface area (Å²) in [5.41, 5.74) is 3.35. The van der Waals surface area contributed by atoms with Gasteiger partial charge in [0, 0.05) is 31.0 Å². The van der Waals surface area contributed by atoms with Crippen LogP contribution in [0.2, 0.25) is 5.02 Å². The Morgan fingerprint density at radius 3 is 2.75 bits per heavy atom. The normalized spacial score (nSPS) is 13.9. The lowest BCUT2D eigenvalue weighted by Crippen LogP contribution is -2.42. The number of carbonyl (C=O) groups is 2. The third-order valence-electron chi connectivity index (χ3n) is 5.55. The number of aryl methyl sites for hydroxylation is 3. The lowest BCUT2D eigenvalue weighted by atomic mass is 9.95. The van der Waals surface area contributed by atoms with Crippen molar-refractivity contribution in [2.24, 2.45) is 0 Å². The number of nitrogens with one attached hydrogen (secondary N) is 1. The lowest BCUT2D eigenvalue weighted by Gasteiger charge is -2.16. The number of fused-ring (bicyclic) bond motifs is 1. The van der Waals surface area contributed by atoms with Crippen LogP contribution in [0.4, 0.5) is 4.39 Å². The molecule has 6 nitrogen and oxygen atoms in total. The summed E-state index contributed by atoms with van der Waals surface area (Å²) >= 11 is 5.86. The Morgan fingerprint density at radius 1 is 1.16 bits per heavy atom. The number of nitrogens with zero attached hydrogens (tertiary/aromatic N) is 1. The van der Waals surface area contributed by atoms with Gasteiger partial charge in [0.1, 0.15) is 11.9 Å². The van der Waals surface area contributed by atoms with E-state index >= 15 is 0 Å². The minimum atomic E-state index is -1.21. The second-order valence-corrected chi connectivity index (χ2v) is 8.34. The highest BCUT2D eigenvalue weighted by molar-refractivity contribution is 6.33. The molecule has 3 rings (SSSR count). The second kappa shape index (κ2) is 11.9. The van der Waals surface area contributed by atoms with Gasteiger partial charge in [-0.2, -0.15) is 0 Å². The highest BCUT2D eigenvalue weighted by Crippen LogP contribution is 2.20. The molecule has 1 aliphatic carbocycles. The van der Waals surface area contributed by atoms with Gasteiger partial charge in [0.2, 0.25) is 0 Å². The summed E-state index contributed by atoms with van der Waals surface area (Å²) in [5.74, 6) is -2.88. The van der Waals surface area contributed by atoms with E-state index in [1.165, 1.54) is 36.2 Å². The van der Waals surface area contributed by atoms with Crippen molar-refractivity contribution in [1.82, 2.24) is 10.3 Å². The van der Waals surface area contributed by atoms with Crippen molar-refractivity contribution in [2.45, 2.75) is 57.4 Å². The fourth-order valence-electron chi connectivity index (χ4n) is 3.78. The van der Waals surface area contributed by atoms with Gasteiger partial charge in [-0.25, -0.2) is 9.18 Å². The average molecular weight is 463 g/mol. The summed E-state index contributed by atoms with van der Waals surface area (Å²) in [5, 5.41) is 11.6. The van der Waals surface area contributed by atoms with Crippen LogP contribution in [-0.4, -0.2) is 41.2 Å². The number of hydrogen-bond acceptors (Lipinski definition) is 4. The van der Waals surface area contributed by atoms with Crippen molar-refractivity contribution in [3.05, 3.63) is 63.7 Å². The number of carboxylic acids is 1. The molecule has 1 amide bonds. The van der Waals surface area contributed by atoms with Gasteiger partial charge in [-0.05, 0) is 68.7 Å². The number of pyridine rings is 1.